The highest BCUT2D eigenvalue weighted by atomic mass is 16.3. The number of piperazine rings is 1. The zero-order valence-corrected chi connectivity index (χ0v) is 13.2. The van der Waals surface area contributed by atoms with Crippen molar-refractivity contribution in [2.24, 2.45) is 0 Å². The molecule has 1 aliphatic rings. The predicted octanol–water partition coefficient (Wildman–Crippen LogP) is 1.71. The molecule has 116 valence electrons. The smallest absolute Gasteiger partial charge is 0.229 e. The first kappa shape index (κ1) is 16.0. The van der Waals surface area contributed by atoms with Crippen molar-refractivity contribution in [2.45, 2.75) is 32.3 Å². The third kappa shape index (κ3) is 4.55. The van der Waals surface area contributed by atoms with E-state index in [1.54, 1.807) is 0 Å². The van der Waals surface area contributed by atoms with E-state index in [2.05, 4.69) is 4.90 Å². The summed E-state index contributed by atoms with van der Waals surface area (Å²) in [5.41, 5.74) is 0.394. The van der Waals surface area contributed by atoms with E-state index < -0.39 is 5.60 Å². The number of amides is 1. The minimum atomic E-state index is -0.677. The Kier molecular flexibility index (Phi) is 5.01. The van der Waals surface area contributed by atoms with Crippen LogP contribution in [0.5, 0.6) is 0 Å². The molecule has 1 N–H and O–H groups in total. The van der Waals surface area contributed by atoms with Gasteiger partial charge in [0.2, 0.25) is 5.91 Å². The average Bonchev–Trinajstić information content (AvgIpc) is 2.46. The van der Waals surface area contributed by atoms with Gasteiger partial charge < -0.3 is 10.0 Å². The molecular weight excluding hydrogens is 264 g/mol. The Morgan fingerprint density at radius 3 is 2.29 bits per heavy atom. The van der Waals surface area contributed by atoms with Gasteiger partial charge in [0.15, 0.2) is 0 Å². The van der Waals surface area contributed by atoms with Crippen LogP contribution < -0.4 is 0 Å². The van der Waals surface area contributed by atoms with Gasteiger partial charge in [0.05, 0.1) is 11.5 Å². The molecule has 4 nitrogen and oxygen atoms in total. The molecule has 1 fully saturated rings. The minimum Gasteiger partial charge on any atom is -0.389 e. The van der Waals surface area contributed by atoms with Gasteiger partial charge in [-0.15, -0.1) is 0 Å². The van der Waals surface area contributed by atoms with E-state index in [4.69, 9.17) is 0 Å². The largest absolute Gasteiger partial charge is 0.389 e. The van der Waals surface area contributed by atoms with Gasteiger partial charge >= 0.3 is 0 Å². The highest BCUT2D eigenvalue weighted by Gasteiger charge is 2.27. The van der Waals surface area contributed by atoms with E-state index in [0.29, 0.717) is 6.54 Å². The van der Waals surface area contributed by atoms with Crippen LogP contribution in [0.2, 0.25) is 0 Å². The molecule has 1 unspecified atom stereocenters. The Balaban J connectivity index is 1.89. The van der Waals surface area contributed by atoms with Gasteiger partial charge in [0.25, 0.3) is 0 Å². The summed E-state index contributed by atoms with van der Waals surface area (Å²) >= 11 is 0. The third-order valence-electron chi connectivity index (χ3n) is 3.96. The first-order valence-electron chi connectivity index (χ1n) is 7.65. The van der Waals surface area contributed by atoms with Gasteiger partial charge in [0, 0.05) is 32.7 Å². The minimum absolute atomic E-state index is 0.0907. The molecule has 1 atom stereocenters. The number of rotatable bonds is 4. The molecule has 0 aliphatic carbocycles. The second-order valence-corrected chi connectivity index (χ2v) is 6.55. The van der Waals surface area contributed by atoms with E-state index >= 15 is 0 Å². The lowest BCUT2D eigenvalue weighted by molar-refractivity contribution is -0.134. The summed E-state index contributed by atoms with van der Waals surface area (Å²) in [5, 5.41) is 9.86. The molecule has 0 saturated carbocycles. The van der Waals surface area contributed by atoms with Crippen molar-refractivity contribution < 1.29 is 9.90 Å². The number of carbonyl (C=O) groups is 1. The van der Waals surface area contributed by atoms with Crippen molar-refractivity contribution in [3.8, 4) is 0 Å². The summed E-state index contributed by atoms with van der Waals surface area (Å²) in [4.78, 5) is 16.7. The first-order valence-corrected chi connectivity index (χ1v) is 7.65. The first-order chi connectivity index (χ1) is 9.87. The monoisotopic (exact) mass is 290 g/mol. The third-order valence-corrected chi connectivity index (χ3v) is 3.96. The van der Waals surface area contributed by atoms with Crippen LogP contribution in [0.3, 0.4) is 0 Å². The fraction of sp³-hybridized carbons (Fsp3) is 0.588. The van der Waals surface area contributed by atoms with Gasteiger partial charge in [0.1, 0.15) is 0 Å². The molecule has 21 heavy (non-hydrogen) atoms. The fourth-order valence-electron chi connectivity index (χ4n) is 2.83. The summed E-state index contributed by atoms with van der Waals surface area (Å²) in [6, 6.07) is 9.93. The number of β-amino-alcohol motifs (C(OH)–C–C–N with tert-alkyl or cyclic N) is 1. The van der Waals surface area contributed by atoms with Crippen molar-refractivity contribution in [1.82, 2.24) is 9.80 Å². The summed E-state index contributed by atoms with van der Waals surface area (Å²) in [6.45, 7) is 9.42. The van der Waals surface area contributed by atoms with E-state index in [1.165, 1.54) is 0 Å². The number of aliphatic hydroxyl groups is 1. The Morgan fingerprint density at radius 2 is 1.76 bits per heavy atom. The van der Waals surface area contributed by atoms with Gasteiger partial charge in [-0.1, -0.05) is 30.3 Å². The highest BCUT2D eigenvalue weighted by Crippen LogP contribution is 2.19. The zero-order chi connectivity index (χ0) is 15.5. The Morgan fingerprint density at radius 1 is 1.19 bits per heavy atom. The zero-order valence-electron chi connectivity index (χ0n) is 13.2. The van der Waals surface area contributed by atoms with E-state index in [1.807, 2.05) is 56.0 Å². The number of hydrogen-bond donors (Lipinski definition) is 1. The number of carbonyl (C=O) groups excluding carboxylic acids is 1. The van der Waals surface area contributed by atoms with Crippen molar-refractivity contribution >= 4 is 5.91 Å². The summed E-state index contributed by atoms with van der Waals surface area (Å²) in [5.74, 6) is 0.108. The standard InChI is InChI=1S/C17H26N2O2/c1-14(15-7-5-4-6-8-15)16(20)19-11-9-18(10-12-19)13-17(2,3)21/h4-8,14,21H,9-13H2,1-3H3. The van der Waals surface area contributed by atoms with Crippen LogP contribution in [-0.4, -0.2) is 59.1 Å². The lowest BCUT2D eigenvalue weighted by Gasteiger charge is -2.38. The molecule has 1 aromatic rings. The van der Waals surface area contributed by atoms with E-state index in [-0.39, 0.29) is 11.8 Å². The highest BCUT2D eigenvalue weighted by molar-refractivity contribution is 5.83. The maximum absolute atomic E-state index is 12.5. The normalized spacial score (nSPS) is 18.6. The maximum Gasteiger partial charge on any atom is 0.229 e. The van der Waals surface area contributed by atoms with Crippen LogP contribution in [0.4, 0.5) is 0 Å². The van der Waals surface area contributed by atoms with Crippen LogP contribution in [-0.2, 0) is 4.79 Å². The number of benzene rings is 1. The Bertz CT molecular complexity index is 459. The lowest BCUT2D eigenvalue weighted by atomic mass is 9.99. The molecule has 0 radical (unpaired) electrons. The van der Waals surface area contributed by atoms with Crippen LogP contribution in [0.1, 0.15) is 32.3 Å². The molecule has 1 saturated heterocycles. The van der Waals surface area contributed by atoms with Gasteiger partial charge in [-0.05, 0) is 26.3 Å². The lowest BCUT2D eigenvalue weighted by Crippen LogP contribution is -2.52. The van der Waals surface area contributed by atoms with E-state index in [9.17, 15) is 9.90 Å². The second-order valence-electron chi connectivity index (χ2n) is 6.55. The van der Waals surface area contributed by atoms with Crippen LogP contribution in [0.15, 0.2) is 30.3 Å². The molecule has 2 rings (SSSR count). The van der Waals surface area contributed by atoms with Crippen LogP contribution in [0.25, 0.3) is 0 Å². The van der Waals surface area contributed by atoms with Crippen molar-refractivity contribution in [3.05, 3.63) is 35.9 Å². The molecule has 1 aromatic carbocycles. The van der Waals surface area contributed by atoms with Crippen molar-refractivity contribution in [1.29, 1.82) is 0 Å². The van der Waals surface area contributed by atoms with Crippen molar-refractivity contribution in [2.75, 3.05) is 32.7 Å². The topological polar surface area (TPSA) is 43.8 Å². The molecule has 1 aliphatic heterocycles. The summed E-state index contributed by atoms with van der Waals surface area (Å²) in [7, 11) is 0. The van der Waals surface area contributed by atoms with E-state index in [0.717, 1.165) is 31.7 Å². The van der Waals surface area contributed by atoms with Crippen LogP contribution in [0, 0.1) is 0 Å². The van der Waals surface area contributed by atoms with Gasteiger partial charge in [-0.25, -0.2) is 0 Å². The Labute approximate surface area is 127 Å². The molecule has 1 heterocycles. The van der Waals surface area contributed by atoms with Crippen molar-refractivity contribution in [3.63, 3.8) is 0 Å². The molecule has 0 spiro atoms. The molecule has 1 amide bonds. The molecule has 0 bridgehead atoms. The van der Waals surface area contributed by atoms with Crippen LogP contribution >= 0.6 is 0 Å². The molecular formula is C17H26N2O2. The number of hydrogen-bond acceptors (Lipinski definition) is 3. The quantitative estimate of drug-likeness (QED) is 0.918. The Hall–Kier alpha value is -1.39. The summed E-state index contributed by atoms with van der Waals surface area (Å²) in [6.07, 6.45) is 0. The maximum atomic E-state index is 12.5. The molecule has 4 heteroatoms. The fourth-order valence-corrected chi connectivity index (χ4v) is 2.83. The number of nitrogens with zero attached hydrogens (tertiary/aromatic N) is 2. The van der Waals surface area contributed by atoms with Gasteiger partial charge in [-0.2, -0.15) is 0 Å². The summed E-state index contributed by atoms with van der Waals surface area (Å²) < 4.78 is 0. The SMILES string of the molecule is CC(C(=O)N1CCN(CC(C)(C)O)CC1)c1ccccc1. The average molecular weight is 290 g/mol. The second kappa shape index (κ2) is 6.58. The molecule has 0 aromatic heterocycles. The predicted molar refractivity (Wildman–Crippen MR) is 84.2 cm³/mol. The van der Waals surface area contributed by atoms with Gasteiger partial charge in [-0.3, -0.25) is 9.69 Å².